The molecule has 0 aliphatic carbocycles. The highest BCUT2D eigenvalue weighted by atomic mass is 19.1. The number of benzene rings is 1. The predicted molar refractivity (Wildman–Crippen MR) is 57.3 cm³/mol. The van der Waals surface area contributed by atoms with Crippen LogP contribution in [0.4, 0.5) is 10.1 Å². The van der Waals surface area contributed by atoms with Crippen LogP contribution < -0.4 is 5.73 Å². The molecule has 16 heavy (non-hydrogen) atoms. The number of hydrogen-bond donors (Lipinski definition) is 2. The van der Waals surface area contributed by atoms with E-state index >= 15 is 0 Å². The van der Waals surface area contributed by atoms with Crippen LogP contribution in [0.15, 0.2) is 18.2 Å². The lowest BCUT2D eigenvalue weighted by molar-refractivity contribution is 0.0362. The van der Waals surface area contributed by atoms with Crippen LogP contribution in [-0.4, -0.2) is 35.6 Å². The Bertz CT molecular complexity index is 416. The van der Waals surface area contributed by atoms with Crippen molar-refractivity contribution in [3.05, 3.63) is 29.6 Å². The number of amides is 1. The minimum atomic E-state index is -0.579. The van der Waals surface area contributed by atoms with Crippen molar-refractivity contribution >= 4 is 11.6 Å². The van der Waals surface area contributed by atoms with Crippen LogP contribution in [0.2, 0.25) is 0 Å². The van der Waals surface area contributed by atoms with Gasteiger partial charge in [0.1, 0.15) is 5.82 Å². The number of rotatable bonds is 2. The molecular formula is C11H13FN2O2. The molecule has 86 valence electrons. The van der Waals surface area contributed by atoms with Crippen molar-refractivity contribution in [1.82, 2.24) is 4.90 Å². The maximum atomic E-state index is 13.1. The van der Waals surface area contributed by atoms with Gasteiger partial charge in [0.25, 0.3) is 5.91 Å². The highest BCUT2D eigenvalue weighted by Crippen LogP contribution is 2.22. The largest absolute Gasteiger partial charge is 0.396 e. The molecule has 1 aromatic carbocycles. The number of halogens is 1. The lowest BCUT2D eigenvalue weighted by atomic mass is 9.99. The summed E-state index contributed by atoms with van der Waals surface area (Å²) >= 11 is 0. The molecule has 1 fully saturated rings. The van der Waals surface area contributed by atoms with Crippen LogP contribution in [0.5, 0.6) is 0 Å². The van der Waals surface area contributed by atoms with Crippen LogP contribution in [-0.2, 0) is 0 Å². The standard InChI is InChI=1S/C11H13FN2O2/c12-9-3-1-2-8(10(9)13)11(16)14-4-7(5-14)6-15/h1-3,7,15H,4-6,13H2. The molecule has 0 unspecified atom stereocenters. The second kappa shape index (κ2) is 4.09. The van der Waals surface area contributed by atoms with E-state index < -0.39 is 5.82 Å². The van der Waals surface area contributed by atoms with Crippen LogP contribution in [0, 0.1) is 11.7 Å². The second-order valence-electron chi connectivity index (χ2n) is 3.96. The van der Waals surface area contributed by atoms with Gasteiger partial charge in [-0.25, -0.2) is 4.39 Å². The Morgan fingerprint density at radius 3 is 2.88 bits per heavy atom. The van der Waals surface area contributed by atoms with E-state index in [0.29, 0.717) is 13.1 Å². The van der Waals surface area contributed by atoms with Gasteiger partial charge in [0.05, 0.1) is 11.3 Å². The van der Waals surface area contributed by atoms with Crippen molar-refractivity contribution < 1.29 is 14.3 Å². The number of hydrogen-bond acceptors (Lipinski definition) is 3. The summed E-state index contributed by atoms with van der Waals surface area (Å²) in [6.45, 7) is 1.08. The SMILES string of the molecule is Nc1c(F)cccc1C(=O)N1CC(CO)C1. The Balaban J connectivity index is 2.13. The monoisotopic (exact) mass is 224 g/mol. The molecule has 4 nitrogen and oxygen atoms in total. The fourth-order valence-corrected chi connectivity index (χ4v) is 1.75. The molecule has 1 saturated heterocycles. The third-order valence-electron chi connectivity index (χ3n) is 2.79. The van der Waals surface area contributed by atoms with Gasteiger partial charge >= 0.3 is 0 Å². The van der Waals surface area contributed by atoms with Crippen molar-refractivity contribution in [2.24, 2.45) is 5.92 Å². The minimum Gasteiger partial charge on any atom is -0.396 e. The zero-order valence-electron chi connectivity index (χ0n) is 8.69. The molecule has 0 atom stereocenters. The minimum absolute atomic E-state index is 0.0718. The molecular weight excluding hydrogens is 211 g/mol. The zero-order chi connectivity index (χ0) is 11.7. The van der Waals surface area contributed by atoms with Crippen LogP contribution in [0.1, 0.15) is 10.4 Å². The van der Waals surface area contributed by atoms with E-state index in [2.05, 4.69) is 0 Å². The van der Waals surface area contributed by atoms with E-state index in [4.69, 9.17) is 10.8 Å². The summed E-state index contributed by atoms with van der Waals surface area (Å²) in [4.78, 5) is 13.4. The third kappa shape index (κ3) is 1.74. The summed E-state index contributed by atoms with van der Waals surface area (Å²) in [5, 5.41) is 8.83. The van der Waals surface area contributed by atoms with Crippen molar-refractivity contribution in [2.45, 2.75) is 0 Å². The summed E-state index contributed by atoms with van der Waals surface area (Å²) in [7, 11) is 0. The molecule has 3 N–H and O–H groups in total. The van der Waals surface area contributed by atoms with Gasteiger partial charge in [0.15, 0.2) is 0 Å². The summed E-state index contributed by atoms with van der Waals surface area (Å²) in [6.07, 6.45) is 0. The molecule has 0 radical (unpaired) electrons. The lowest BCUT2D eigenvalue weighted by Crippen LogP contribution is -2.51. The van der Waals surface area contributed by atoms with Crippen molar-refractivity contribution in [1.29, 1.82) is 0 Å². The number of carbonyl (C=O) groups is 1. The number of aliphatic hydroxyl groups is 1. The first-order valence-corrected chi connectivity index (χ1v) is 5.07. The van der Waals surface area contributed by atoms with Gasteiger partial charge < -0.3 is 15.7 Å². The number of carbonyl (C=O) groups excluding carboxylic acids is 1. The number of likely N-dealkylation sites (tertiary alicyclic amines) is 1. The van der Waals surface area contributed by atoms with E-state index in [-0.39, 0.29) is 29.7 Å². The van der Waals surface area contributed by atoms with Gasteiger partial charge in [-0.15, -0.1) is 0 Å². The molecule has 1 aliphatic heterocycles. The summed E-state index contributed by atoms with van der Waals surface area (Å²) < 4.78 is 13.1. The van der Waals surface area contributed by atoms with Gasteiger partial charge in [0, 0.05) is 25.6 Å². The molecule has 5 heteroatoms. The van der Waals surface area contributed by atoms with Crippen LogP contribution in [0.3, 0.4) is 0 Å². The quantitative estimate of drug-likeness (QED) is 0.718. The fourth-order valence-electron chi connectivity index (χ4n) is 1.75. The Labute approximate surface area is 92.5 Å². The highest BCUT2D eigenvalue weighted by molar-refractivity contribution is 5.99. The maximum absolute atomic E-state index is 13.1. The van der Waals surface area contributed by atoms with Gasteiger partial charge in [-0.3, -0.25) is 4.79 Å². The van der Waals surface area contributed by atoms with Crippen molar-refractivity contribution in [3.63, 3.8) is 0 Å². The van der Waals surface area contributed by atoms with E-state index in [0.717, 1.165) is 0 Å². The Hall–Kier alpha value is -1.62. The van der Waals surface area contributed by atoms with Crippen LogP contribution in [0.25, 0.3) is 0 Å². The van der Waals surface area contributed by atoms with Crippen LogP contribution >= 0.6 is 0 Å². The zero-order valence-corrected chi connectivity index (χ0v) is 8.69. The topological polar surface area (TPSA) is 66.6 Å². The Kier molecular flexibility index (Phi) is 2.78. The summed E-state index contributed by atoms with van der Waals surface area (Å²) in [5.74, 6) is -0.717. The van der Waals surface area contributed by atoms with Crippen molar-refractivity contribution in [2.75, 3.05) is 25.4 Å². The Morgan fingerprint density at radius 2 is 2.25 bits per heavy atom. The third-order valence-corrected chi connectivity index (χ3v) is 2.79. The molecule has 1 amide bonds. The summed E-state index contributed by atoms with van der Waals surface area (Å²) in [5.41, 5.74) is 5.58. The smallest absolute Gasteiger partial charge is 0.256 e. The van der Waals surface area contributed by atoms with Gasteiger partial charge in [-0.2, -0.15) is 0 Å². The molecule has 0 spiro atoms. The first kappa shape index (κ1) is 10.9. The lowest BCUT2D eigenvalue weighted by Gasteiger charge is -2.38. The molecule has 1 aromatic rings. The van der Waals surface area contributed by atoms with E-state index in [1.54, 1.807) is 4.90 Å². The normalized spacial score (nSPS) is 16.0. The molecule has 0 bridgehead atoms. The summed E-state index contributed by atoms with van der Waals surface area (Å²) in [6, 6.07) is 4.19. The average Bonchev–Trinajstić information content (AvgIpc) is 2.20. The predicted octanol–water partition coefficient (Wildman–Crippen LogP) is 0.472. The number of para-hydroxylation sites is 1. The second-order valence-corrected chi connectivity index (χ2v) is 3.96. The van der Waals surface area contributed by atoms with E-state index in [1.807, 2.05) is 0 Å². The van der Waals surface area contributed by atoms with Gasteiger partial charge in [0.2, 0.25) is 0 Å². The maximum Gasteiger partial charge on any atom is 0.256 e. The first-order valence-electron chi connectivity index (χ1n) is 5.07. The number of nitrogens with two attached hydrogens (primary N) is 1. The highest BCUT2D eigenvalue weighted by Gasteiger charge is 2.31. The molecule has 0 saturated carbocycles. The van der Waals surface area contributed by atoms with Gasteiger partial charge in [-0.1, -0.05) is 6.07 Å². The number of nitrogen functional groups attached to an aromatic ring is 1. The van der Waals surface area contributed by atoms with Crippen molar-refractivity contribution in [3.8, 4) is 0 Å². The average molecular weight is 224 g/mol. The molecule has 0 aromatic heterocycles. The molecule has 1 aliphatic rings. The number of nitrogens with zero attached hydrogens (tertiary/aromatic N) is 1. The molecule has 2 rings (SSSR count). The fraction of sp³-hybridized carbons (Fsp3) is 0.364. The van der Waals surface area contributed by atoms with E-state index in [9.17, 15) is 9.18 Å². The number of aliphatic hydroxyl groups excluding tert-OH is 1. The molecule has 1 heterocycles. The number of anilines is 1. The first-order chi connectivity index (χ1) is 7.63. The van der Waals surface area contributed by atoms with Gasteiger partial charge in [-0.05, 0) is 12.1 Å². The van der Waals surface area contributed by atoms with E-state index in [1.165, 1.54) is 18.2 Å². The Morgan fingerprint density at radius 1 is 1.56 bits per heavy atom.